The maximum atomic E-state index is 13.2. The first-order chi connectivity index (χ1) is 11.0. The molecule has 3 rings (SSSR count). The first-order valence-electron chi connectivity index (χ1n) is 7.63. The molecule has 0 N–H and O–H groups in total. The number of nitrogens with zero attached hydrogens (tertiary/aromatic N) is 3. The zero-order chi connectivity index (χ0) is 16.6. The Morgan fingerprint density at radius 1 is 1.35 bits per heavy atom. The fourth-order valence-electron chi connectivity index (χ4n) is 3.00. The van der Waals surface area contributed by atoms with Crippen molar-refractivity contribution in [3.8, 4) is 0 Å². The van der Waals surface area contributed by atoms with Crippen LogP contribution in [0.4, 0.5) is 5.69 Å². The molecule has 1 aromatic heterocycles. The van der Waals surface area contributed by atoms with Crippen LogP contribution in [0.1, 0.15) is 18.2 Å². The Balaban J connectivity index is 2.12. The van der Waals surface area contributed by atoms with Gasteiger partial charge >= 0.3 is 0 Å². The summed E-state index contributed by atoms with van der Waals surface area (Å²) in [5, 5.41) is 4.26. The number of aryl methyl sites for hydroxylation is 2. The molecule has 0 radical (unpaired) electrons. The van der Waals surface area contributed by atoms with Crippen molar-refractivity contribution in [2.45, 2.75) is 30.8 Å². The second-order valence-corrected chi connectivity index (χ2v) is 7.52. The van der Waals surface area contributed by atoms with Gasteiger partial charge in [0.2, 0.25) is 0 Å². The van der Waals surface area contributed by atoms with Gasteiger partial charge in [0.15, 0.2) is 0 Å². The summed E-state index contributed by atoms with van der Waals surface area (Å²) >= 11 is 0. The number of hydrogen-bond donors (Lipinski definition) is 0. The highest BCUT2D eigenvalue weighted by Gasteiger charge is 2.35. The topological polar surface area (TPSA) is 64.4 Å². The van der Waals surface area contributed by atoms with Crippen molar-refractivity contribution in [3.05, 3.63) is 41.7 Å². The van der Waals surface area contributed by atoms with E-state index in [1.165, 1.54) is 4.31 Å². The summed E-state index contributed by atoms with van der Waals surface area (Å²) in [4.78, 5) is 0.272. The number of anilines is 1. The van der Waals surface area contributed by atoms with Crippen molar-refractivity contribution in [1.82, 2.24) is 9.78 Å². The van der Waals surface area contributed by atoms with E-state index in [2.05, 4.69) is 5.10 Å². The third-order valence-corrected chi connectivity index (χ3v) is 6.00. The fourth-order valence-corrected chi connectivity index (χ4v) is 4.80. The third kappa shape index (κ3) is 2.74. The quantitative estimate of drug-likeness (QED) is 0.854. The highest BCUT2D eigenvalue weighted by atomic mass is 32.2. The molecule has 6 nitrogen and oxygen atoms in total. The lowest BCUT2D eigenvalue weighted by atomic mass is 10.0. The van der Waals surface area contributed by atoms with Crippen LogP contribution in [0.15, 0.2) is 35.4 Å². The minimum atomic E-state index is -3.67. The predicted octanol–water partition coefficient (Wildman–Crippen LogP) is 1.75. The highest BCUT2D eigenvalue weighted by Crippen LogP contribution is 2.33. The van der Waals surface area contributed by atoms with E-state index < -0.39 is 10.0 Å². The minimum absolute atomic E-state index is 0.151. The molecule has 1 atom stereocenters. The summed E-state index contributed by atoms with van der Waals surface area (Å²) < 4.78 is 34.9. The van der Waals surface area contributed by atoms with E-state index in [4.69, 9.17) is 4.74 Å². The summed E-state index contributed by atoms with van der Waals surface area (Å²) in [7, 11) is -0.318. The molecule has 1 aromatic carbocycles. The van der Waals surface area contributed by atoms with Gasteiger partial charge in [-0.05, 0) is 18.1 Å². The first kappa shape index (κ1) is 16.0. The fraction of sp³-hybridized carbons (Fsp3) is 0.438. The van der Waals surface area contributed by atoms with Crippen molar-refractivity contribution in [2.24, 2.45) is 7.05 Å². The molecular weight excluding hydrogens is 314 g/mol. The number of para-hydroxylation sites is 1. The standard InChI is InChI=1S/C16H21N3O3S/c1-4-14-16(11-18(2)17-14)23(20,21)19-10-13(22-3)9-12-7-5-6-8-15(12)19/h5-8,11,13H,4,9-10H2,1-3H3. The van der Waals surface area contributed by atoms with Gasteiger partial charge in [-0.25, -0.2) is 8.42 Å². The van der Waals surface area contributed by atoms with Crippen molar-refractivity contribution in [3.63, 3.8) is 0 Å². The Morgan fingerprint density at radius 3 is 2.78 bits per heavy atom. The molecule has 23 heavy (non-hydrogen) atoms. The highest BCUT2D eigenvalue weighted by molar-refractivity contribution is 7.92. The van der Waals surface area contributed by atoms with Crippen LogP contribution in [0.3, 0.4) is 0 Å². The van der Waals surface area contributed by atoms with E-state index in [9.17, 15) is 8.42 Å². The Morgan fingerprint density at radius 2 is 2.09 bits per heavy atom. The van der Waals surface area contributed by atoms with Crippen LogP contribution >= 0.6 is 0 Å². The molecule has 0 spiro atoms. The average molecular weight is 335 g/mol. The molecule has 0 amide bonds. The smallest absolute Gasteiger partial charge is 0.267 e. The lowest BCUT2D eigenvalue weighted by Crippen LogP contribution is -2.43. The molecule has 2 aromatic rings. The number of ether oxygens (including phenoxy) is 1. The Bertz CT molecular complexity index is 814. The Hall–Kier alpha value is -1.86. The first-order valence-corrected chi connectivity index (χ1v) is 9.07. The van der Waals surface area contributed by atoms with E-state index in [-0.39, 0.29) is 11.0 Å². The van der Waals surface area contributed by atoms with E-state index in [0.717, 1.165) is 11.3 Å². The molecule has 2 heterocycles. The Labute approximate surface area is 136 Å². The summed E-state index contributed by atoms with van der Waals surface area (Å²) in [5.41, 5.74) is 2.30. The molecule has 0 bridgehead atoms. The predicted molar refractivity (Wildman–Crippen MR) is 88.1 cm³/mol. The van der Waals surface area contributed by atoms with E-state index in [1.54, 1.807) is 25.0 Å². The van der Waals surface area contributed by atoms with Gasteiger partial charge in [-0.15, -0.1) is 0 Å². The minimum Gasteiger partial charge on any atom is -0.379 e. The lowest BCUT2D eigenvalue weighted by molar-refractivity contribution is 0.108. The molecule has 0 saturated carbocycles. The van der Waals surface area contributed by atoms with E-state index in [1.807, 2.05) is 31.2 Å². The monoisotopic (exact) mass is 335 g/mol. The van der Waals surface area contributed by atoms with Gasteiger partial charge < -0.3 is 4.74 Å². The van der Waals surface area contributed by atoms with Gasteiger partial charge in [0.1, 0.15) is 4.90 Å². The molecular formula is C16H21N3O3S. The maximum absolute atomic E-state index is 13.2. The van der Waals surface area contributed by atoms with Gasteiger partial charge in [-0.2, -0.15) is 5.10 Å². The lowest BCUT2D eigenvalue weighted by Gasteiger charge is -2.34. The Kier molecular flexibility index (Phi) is 4.16. The maximum Gasteiger partial charge on any atom is 0.267 e. The van der Waals surface area contributed by atoms with Crippen LogP contribution in [-0.2, 0) is 34.6 Å². The number of fused-ring (bicyclic) bond motifs is 1. The van der Waals surface area contributed by atoms with Crippen molar-refractivity contribution < 1.29 is 13.2 Å². The van der Waals surface area contributed by atoms with Crippen LogP contribution in [-0.4, -0.2) is 38.0 Å². The van der Waals surface area contributed by atoms with Crippen LogP contribution < -0.4 is 4.31 Å². The number of rotatable bonds is 4. The van der Waals surface area contributed by atoms with Crippen LogP contribution in [0.25, 0.3) is 0 Å². The van der Waals surface area contributed by atoms with Gasteiger partial charge in [-0.1, -0.05) is 25.1 Å². The molecule has 1 unspecified atom stereocenters. The molecule has 7 heteroatoms. The number of benzene rings is 1. The zero-order valence-electron chi connectivity index (χ0n) is 13.6. The van der Waals surface area contributed by atoms with Crippen LogP contribution in [0.5, 0.6) is 0 Å². The summed E-state index contributed by atoms with van der Waals surface area (Å²) in [5.74, 6) is 0. The van der Waals surface area contributed by atoms with Crippen LogP contribution in [0, 0.1) is 0 Å². The SMILES string of the molecule is CCc1nn(C)cc1S(=O)(=O)N1CC(OC)Cc2ccccc21. The summed E-state index contributed by atoms with van der Waals surface area (Å²) in [6, 6.07) is 7.58. The van der Waals surface area contributed by atoms with Gasteiger partial charge in [0.25, 0.3) is 10.0 Å². The zero-order valence-corrected chi connectivity index (χ0v) is 14.4. The molecule has 1 aliphatic heterocycles. The van der Waals surface area contributed by atoms with Gasteiger partial charge in [-0.3, -0.25) is 8.99 Å². The molecule has 0 fully saturated rings. The van der Waals surface area contributed by atoms with Crippen LogP contribution in [0.2, 0.25) is 0 Å². The third-order valence-electron chi connectivity index (χ3n) is 4.18. The van der Waals surface area contributed by atoms with Crippen molar-refractivity contribution >= 4 is 15.7 Å². The second-order valence-electron chi connectivity index (χ2n) is 5.69. The van der Waals surface area contributed by atoms with Crippen molar-refractivity contribution in [1.29, 1.82) is 0 Å². The largest absolute Gasteiger partial charge is 0.379 e. The van der Waals surface area contributed by atoms with E-state index >= 15 is 0 Å². The summed E-state index contributed by atoms with van der Waals surface area (Å²) in [6.07, 6.45) is 2.71. The average Bonchev–Trinajstić information content (AvgIpc) is 2.95. The number of methoxy groups -OCH3 is 1. The van der Waals surface area contributed by atoms with Crippen molar-refractivity contribution in [2.75, 3.05) is 18.0 Å². The molecule has 124 valence electrons. The molecule has 0 aliphatic carbocycles. The second kappa shape index (κ2) is 5.98. The number of aromatic nitrogens is 2. The number of sulfonamides is 1. The number of hydrogen-bond acceptors (Lipinski definition) is 4. The summed E-state index contributed by atoms with van der Waals surface area (Å²) in [6.45, 7) is 2.22. The normalized spacial score (nSPS) is 18.0. The van der Waals surface area contributed by atoms with E-state index in [0.29, 0.717) is 25.1 Å². The molecule has 1 aliphatic rings. The molecule has 0 saturated heterocycles. The van der Waals surface area contributed by atoms with Gasteiger partial charge in [0.05, 0.1) is 24.0 Å². The van der Waals surface area contributed by atoms with Gasteiger partial charge in [0, 0.05) is 26.8 Å².